The van der Waals surface area contributed by atoms with E-state index in [1.165, 1.54) is 44.2 Å². The number of hydrogen-bond acceptors (Lipinski definition) is 0. The van der Waals surface area contributed by atoms with Gasteiger partial charge in [-0.25, -0.2) is 4.57 Å². The molecule has 0 spiro atoms. The number of rotatable bonds is 6. The second kappa shape index (κ2) is 9.13. The maximum absolute atomic E-state index is 2.28. The fourth-order valence-corrected chi connectivity index (χ4v) is 1.58. The summed E-state index contributed by atoms with van der Waals surface area (Å²) in [6.07, 6.45) is 11.1. The van der Waals surface area contributed by atoms with Crippen LogP contribution in [0.15, 0.2) is 24.5 Å². The van der Waals surface area contributed by atoms with E-state index >= 15 is 0 Å². The SMILES string of the molecule is CCCCCCC[n+]1ccc(C)cc1.[I-]. The van der Waals surface area contributed by atoms with E-state index in [9.17, 15) is 0 Å². The molecule has 0 aromatic carbocycles. The van der Waals surface area contributed by atoms with Crippen LogP contribution in [-0.2, 0) is 6.54 Å². The standard InChI is InChI=1S/C13H22N.HI/c1-3-4-5-6-7-10-14-11-8-13(2)9-12-14;/h8-9,11-12H,3-7,10H2,1-2H3;1H/q+1;/p-1. The van der Waals surface area contributed by atoms with E-state index < -0.39 is 0 Å². The summed E-state index contributed by atoms with van der Waals surface area (Å²) in [5.41, 5.74) is 1.34. The largest absolute Gasteiger partial charge is 1.00 e. The Labute approximate surface area is 111 Å². The summed E-state index contributed by atoms with van der Waals surface area (Å²) >= 11 is 0. The van der Waals surface area contributed by atoms with Crippen molar-refractivity contribution in [2.24, 2.45) is 0 Å². The minimum atomic E-state index is 0. The molecule has 1 heterocycles. The fraction of sp³-hybridized carbons (Fsp3) is 0.615. The van der Waals surface area contributed by atoms with Crippen molar-refractivity contribution >= 4 is 0 Å². The Bertz CT molecular complexity index is 243. The molecule has 0 bridgehead atoms. The molecule has 0 fully saturated rings. The number of aromatic nitrogens is 1. The summed E-state index contributed by atoms with van der Waals surface area (Å²) < 4.78 is 2.28. The molecule has 0 unspecified atom stereocenters. The van der Waals surface area contributed by atoms with Crippen molar-refractivity contribution in [3.8, 4) is 0 Å². The van der Waals surface area contributed by atoms with Crippen molar-refractivity contribution in [2.75, 3.05) is 0 Å². The van der Waals surface area contributed by atoms with Crippen LogP contribution in [0.25, 0.3) is 0 Å². The van der Waals surface area contributed by atoms with Gasteiger partial charge in [0.25, 0.3) is 0 Å². The Morgan fingerprint density at radius 3 is 2.20 bits per heavy atom. The molecule has 0 N–H and O–H groups in total. The van der Waals surface area contributed by atoms with Crippen LogP contribution in [0.2, 0.25) is 0 Å². The van der Waals surface area contributed by atoms with Gasteiger partial charge < -0.3 is 24.0 Å². The first-order valence-corrected chi connectivity index (χ1v) is 5.78. The molecule has 1 aromatic rings. The number of halogens is 1. The number of unbranched alkanes of at least 4 members (excludes halogenated alkanes) is 4. The van der Waals surface area contributed by atoms with Gasteiger partial charge in [-0.05, 0) is 18.9 Å². The average Bonchev–Trinajstić information content (AvgIpc) is 2.21. The smallest absolute Gasteiger partial charge is 0.169 e. The predicted octanol–water partition coefficient (Wildman–Crippen LogP) is 0.257. The highest BCUT2D eigenvalue weighted by atomic mass is 127. The Balaban J connectivity index is 0.00000196. The number of aryl methyl sites for hydroxylation is 2. The van der Waals surface area contributed by atoms with E-state index in [2.05, 4.69) is 42.9 Å². The van der Waals surface area contributed by atoms with E-state index in [1.807, 2.05) is 0 Å². The van der Waals surface area contributed by atoms with Gasteiger partial charge in [0.15, 0.2) is 12.4 Å². The minimum absolute atomic E-state index is 0. The van der Waals surface area contributed by atoms with Gasteiger partial charge in [0.05, 0.1) is 0 Å². The van der Waals surface area contributed by atoms with Gasteiger partial charge in [-0.15, -0.1) is 0 Å². The predicted molar refractivity (Wildman–Crippen MR) is 60.1 cm³/mol. The summed E-state index contributed by atoms with van der Waals surface area (Å²) in [4.78, 5) is 0. The molecule has 2 heteroatoms. The lowest BCUT2D eigenvalue weighted by Crippen LogP contribution is -3.00. The molecule has 0 aliphatic rings. The molecular weight excluding hydrogens is 297 g/mol. The van der Waals surface area contributed by atoms with Gasteiger partial charge in [0.1, 0.15) is 6.54 Å². The lowest BCUT2D eigenvalue weighted by atomic mass is 10.1. The van der Waals surface area contributed by atoms with Crippen LogP contribution < -0.4 is 28.5 Å². The highest BCUT2D eigenvalue weighted by Crippen LogP contribution is 2.02. The van der Waals surface area contributed by atoms with E-state index in [4.69, 9.17) is 0 Å². The minimum Gasteiger partial charge on any atom is -1.00 e. The van der Waals surface area contributed by atoms with Crippen LogP contribution >= 0.6 is 0 Å². The van der Waals surface area contributed by atoms with Gasteiger partial charge >= 0.3 is 0 Å². The molecule has 0 amide bonds. The topological polar surface area (TPSA) is 3.88 Å². The summed E-state index contributed by atoms with van der Waals surface area (Å²) in [5.74, 6) is 0. The maximum Gasteiger partial charge on any atom is 0.169 e. The van der Waals surface area contributed by atoms with Crippen molar-refractivity contribution in [3.63, 3.8) is 0 Å². The molecule has 0 aliphatic carbocycles. The molecular formula is C13H22IN. The van der Waals surface area contributed by atoms with Gasteiger partial charge in [-0.3, -0.25) is 0 Å². The van der Waals surface area contributed by atoms with Crippen molar-refractivity contribution in [3.05, 3.63) is 30.1 Å². The molecule has 86 valence electrons. The van der Waals surface area contributed by atoms with E-state index in [0.717, 1.165) is 0 Å². The molecule has 0 aliphatic heterocycles. The van der Waals surface area contributed by atoms with Crippen LogP contribution in [0.1, 0.15) is 44.6 Å². The lowest BCUT2D eigenvalue weighted by molar-refractivity contribution is -0.697. The van der Waals surface area contributed by atoms with Crippen LogP contribution in [0, 0.1) is 6.92 Å². The van der Waals surface area contributed by atoms with E-state index in [1.54, 1.807) is 0 Å². The molecule has 15 heavy (non-hydrogen) atoms. The van der Waals surface area contributed by atoms with Crippen molar-refractivity contribution in [1.82, 2.24) is 0 Å². The quantitative estimate of drug-likeness (QED) is 0.402. The molecule has 1 nitrogen and oxygen atoms in total. The highest BCUT2D eigenvalue weighted by molar-refractivity contribution is 5.03. The monoisotopic (exact) mass is 319 g/mol. The Morgan fingerprint density at radius 2 is 1.60 bits per heavy atom. The third-order valence-electron chi connectivity index (χ3n) is 2.58. The second-order valence-electron chi connectivity index (χ2n) is 4.03. The van der Waals surface area contributed by atoms with Gasteiger partial charge in [-0.1, -0.05) is 26.2 Å². The molecule has 0 saturated heterocycles. The summed E-state index contributed by atoms with van der Waals surface area (Å²) in [6, 6.07) is 4.35. The van der Waals surface area contributed by atoms with Gasteiger partial charge in [0.2, 0.25) is 0 Å². The van der Waals surface area contributed by atoms with Crippen LogP contribution in [0.4, 0.5) is 0 Å². The van der Waals surface area contributed by atoms with Crippen molar-refractivity contribution in [2.45, 2.75) is 52.5 Å². The molecule has 1 aromatic heterocycles. The second-order valence-corrected chi connectivity index (χ2v) is 4.03. The molecule has 1 rings (SSSR count). The zero-order chi connectivity index (χ0) is 10.2. The van der Waals surface area contributed by atoms with Crippen LogP contribution in [0.5, 0.6) is 0 Å². The zero-order valence-electron chi connectivity index (χ0n) is 9.88. The highest BCUT2D eigenvalue weighted by Gasteiger charge is 1.98. The molecule has 0 saturated carbocycles. The van der Waals surface area contributed by atoms with E-state index in [-0.39, 0.29) is 24.0 Å². The Morgan fingerprint density at radius 1 is 1.00 bits per heavy atom. The lowest BCUT2D eigenvalue weighted by Gasteiger charge is -1.98. The first kappa shape index (κ1) is 14.9. The third kappa shape index (κ3) is 6.88. The van der Waals surface area contributed by atoms with Crippen molar-refractivity contribution < 1.29 is 28.5 Å². The average molecular weight is 319 g/mol. The third-order valence-corrected chi connectivity index (χ3v) is 2.58. The van der Waals surface area contributed by atoms with Gasteiger partial charge in [-0.2, -0.15) is 0 Å². The number of hydrogen-bond donors (Lipinski definition) is 0. The fourth-order valence-electron chi connectivity index (χ4n) is 1.58. The summed E-state index contributed by atoms with van der Waals surface area (Å²) in [7, 11) is 0. The van der Waals surface area contributed by atoms with Crippen molar-refractivity contribution in [1.29, 1.82) is 0 Å². The number of nitrogens with zero attached hydrogens (tertiary/aromatic N) is 1. The number of pyridine rings is 1. The normalized spacial score (nSPS) is 9.73. The molecule has 0 atom stereocenters. The summed E-state index contributed by atoms with van der Waals surface area (Å²) in [5, 5.41) is 0. The Kier molecular flexibility index (Phi) is 9.06. The molecule has 0 radical (unpaired) electrons. The Hall–Kier alpha value is -0.120. The first-order chi connectivity index (χ1) is 6.83. The van der Waals surface area contributed by atoms with Crippen LogP contribution in [0.3, 0.4) is 0 Å². The summed E-state index contributed by atoms with van der Waals surface area (Å²) in [6.45, 7) is 5.56. The maximum atomic E-state index is 2.28. The van der Waals surface area contributed by atoms with Crippen LogP contribution in [-0.4, -0.2) is 0 Å². The van der Waals surface area contributed by atoms with E-state index in [0.29, 0.717) is 0 Å². The first-order valence-electron chi connectivity index (χ1n) is 5.78. The van der Waals surface area contributed by atoms with Gasteiger partial charge in [0, 0.05) is 18.6 Å². The zero-order valence-corrected chi connectivity index (χ0v) is 12.0.